The quantitative estimate of drug-likeness (QED) is 0.0380. The van der Waals surface area contributed by atoms with Crippen molar-refractivity contribution < 1.29 is 20.1 Å². The zero-order chi connectivity index (χ0) is 35.9. The summed E-state index contributed by atoms with van der Waals surface area (Å²) in [7, 11) is 0. The number of nitrogens with one attached hydrogen (secondary N) is 1. The second-order valence-corrected chi connectivity index (χ2v) is 15.3. The summed E-state index contributed by atoms with van der Waals surface area (Å²) in [6, 6.07) is -0.820. The van der Waals surface area contributed by atoms with E-state index in [0.717, 1.165) is 38.5 Å². The zero-order valence-corrected chi connectivity index (χ0v) is 33.1. The number of aliphatic hydroxyl groups excluding tert-OH is 3. The number of amides is 1. The molecule has 292 valence electrons. The van der Waals surface area contributed by atoms with Gasteiger partial charge in [-0.25, -0.2) is 0 Å². The Labute approximate surface area is 306 Å². The molecule has 0 aliphatic rings. The third-order valence-corrected chi connectivity index (χ3v) is 10.4. The largest absolute Gasteiger partial charge is 0.394 e. The SMILES string of the molecule is CCCCCCCCCCCCCCCCCC/C=C/CCCC(O)C(O)C(CO)NC(=O)CCCCCCCCCCCCCCCC. The fourth-order valence-corrected chi connectivity index (χ4v) is 6.93. The molecule has 0 aromatic rings. The van der Waals surface area contributed by atoms with Crippen LogP contribution in [0.4, 0.5) is 0 Å². The smallest absolute Gasteiger partial charge is 0.220 e. The number of aliphatic hydroxyl groups is 3. The lowest BCUT2D eigenvalue weighted by atomic mass is 10.0. The van der Waals surface area contributed by atoms with Crippen LogP contribution in [-0.2, 0) is 4.79 Å². The number of unbranched alkanes of at least 4 members (excludes halogenated alkanes) is 30. The average molecular weight is 694 g/mol. The van der Waals surface area contributed by atoms with Crippen LogP contribution in [-0.4, -0.2) is 46.1 Å². The van der Waals surface area contributed by atoms with E-state index < -0.39 is 18.2 Å². The van der Waals surface area contributed by atoms with Crippen LogP contribution >= 0.6 is 0 Å². The van der Waals surface area contributed by atoms with Crippen LogP contribution in [0.15, 0.2) is 12.2 Å². The molecule has 1 amide bonds. The van der Waals surface area contributed by atoms with Crippen molar-refractivity contribution in [2.45, 2.75) is 257 Å². The summed E-state index contributed by atoms with van der Waals surface area (Å²) >= 11 is 0. The van der Waals surface area contributed by atoms with Crippen LogP contribution in [0.1, 0.15) is 239 Å². The minimum Gasteiger partial charge on any atom is -0.394 e. The molecule has 0 bridgehead atoms. The number of hydrogen-bond donors (Lipinski definition) is 4. The molecule has 3 unspecified atom stereocenters. The molecular formula is C44H87NO4. The van der Waals surface area contributed by atoms with E-state index in [9.17, 15) is 20.1 Å². The van der Waals surface area contributed by atoms with E-state index in [2.05, 4.69) is 31.3 Å². The van der Waals surface area contributed by atoms with E-state index >= 15 is 0 Å². The lowest BCUT2D eigenvalue weighted by Crippen LogP contribution is -2.50. The van der Waals surface area contributed by atoms with Crippen molar-refractivity contribution in [3.8, 4) is 0 Å². The number of carbonyl (C=O) groups is 1. The Kier molecular flexibility index (Phi) is 39.1. The highest BCUT2D eigenvalue weighted by molar-refractivity contribution is 5.76. The van der Waals surface area contributed by atoms with Crippen molar-refractivity contribution in [1.82, 2.24) is 5.32 Å². The number of carbonyl (C=O) groups excluding carboxylic acids is 1. The fraction of sp³-hybridized carbons (Fsp3) is 0.932. The standard InChI is InChI=1S/C44H87NO4/c1-3-5-7-9-11-13-15-17-19-20-21-22-23-24-25-26-28-30-32-34-36-38-42(47)44(49)41(40-46)45-43(48)39-37-35-33-31-29-27-18-16-14-12-10-8-6-4-2/h30,32,41-42,44,46-47,49H,3-29,31,33-40H2,1-2H3,(H,45,48)/b32-30+. The molecule has 0 fully saturated rings. The topological polar surface area (TPSA) is 89.8 Å². The first-order chi connectivity index (χ1) is 24.1. The van der Waals surface area contributed by atoms with Crippen LogP contribution < -0.4 is 5.32 Å². The van der Waals surface area contributed by atoms with Crippen molar-refractivity contribution in [2.75, 3.05) is 6.61 Å². The van der Waals surface area contributed by atoms with Crippen LogP contribution in [0.3, 0.4) is 0 Å². The monoisotopic (exact) mass is 694 g/mol. The van der Waals surface area contributed by atoms with E-state index in [-0.39, 0.29) is 12.5 Å². The molecule has 3 atom stereocenters. The van der Waals surface area contributed by atoms with Gasteiger partial charge in [-0.05, 0) is 38.5 Å². The molecule has 5 heteroatoms. The maximum Gasteiger partial charge on any atom is 0.220 e. The maximum absolute atomic E-state index is 12.4. The number of rotatable bonds is 40. The molecule has 0 saturated carbocycles. The molecule has 0 rings (SSSR count). The molecule has 0 spiro atoms. The Morgan fingerprint density at radius 3 is 1.18 bits per heavy atom. The van der Waals surface area contributed by atoms with Gasteiger partial charge in [-0.15, -0.1) is 0 Å². The van der Waals surface area contributed by atoms with Gasteiger partial charge < -0.3 is 20.6 Å². The van der Waals surface area contributed by atoms with Gasteiger partial charge in [0.2, 0.25) is 5.91 Å². The summed E-state index contributed by atoms with van der Waals surface area (Å²) in [5, 5.41) is 33.5. The van der Waals surface area contributed by atoms with Gasteiger partial charge in [0.1, 0.15) is 6.10 Å². The normalized spacial score (nSPS) is 13.7. The van der Waals surface area contributed by atoms with Gasteiger partial charge in [-0.2, -0.15) is 0 Å². The minimum absolute atomic E-state index is 0.152. The minimum atomic E-state index is -1.15. The van der Waals surface area contributed by atoms with Crippen LogP contribution in [0.25, 0.3) is 0 Å². The summed E-state index contributed by atoms with van der Waals surface area (Å²) in [6.45, 7) is 4.18. The highest BCUT2D eigenvalue weighted by Crippen LogP contribution is 2.16. The molecule has 0 radical (unpaired) electrons. The number of hydrogen-bond acceptors (Lipinski definition) is 4. The molecule has 0 aliphatic heterocycles. The Bertz CT molecular complexity index is 684. The van der Waals surface area contributed by atoms with Gasteiger partial charge in [-0.1, -0.05) is 206 Å². The molecule has 0 aliphatic carbocycles. The van der Waals surface area contributed by atoms with Gasteiger partial charge in [-0.3, -0.25) is 4.79 Å². The molecule has 4 N–H and O–H groups in total. The Hall–Kier alpha value is -0.910. The summed E-state index contributed by atoms with van der Waals surface area (Å²) in [5.74, 6) is -0.152. The maximum atomic E-state index is 12.4. The summed E-state index contributed by atoms with van der Waals surface area (Å²) < 4.78 is 0. The van der Waals surface area contributed by atoms with Gasteiger partial charge in [0.05, 0.1) is 18.8 Å². The van der Waals surface area contributed by atoms with E-state index in [1.165, 1.54) is 173 Å². The third-order valence-electron chi connectivity index (χ3n) is 10.4. The van der Waals surface area contributed by atoms with Crippen molar-refractivity contribution in [2.24, 2.45) is 0 Å². The Morgan fingerprint density at radius 2 is 0.816 bits per heavy atom. The van der Waals surface area contributed by atoms with Crippen LogP contribution in [0.2, 0.25) is 0 Å². The summed E-state index contributed by atoms with van der Waals surface area (Å²) in [6.07, 6.45) is 46.1. The first-order valence-corrected chi connectivity index (χ1v) is 22.0. The first kappa shape index (κ1) is 48.1. The van der Waals surface area contributed by atoms with Gasteiger partial charge >= 0.3 is 0 Å². The summed E-state index contributed by atoms with van der Waals surface area (Å²) in [4.78, 5) is 12.4. The molecule has 5 nitrogen and oxygen atoms in total. The molecule has 0 aromatic carbocycles. The van der Waals surface area contributed by atoms with Crippen molar-refractivity contribution in [3.63, 3.8) is 0 Å². The van der Waals surface area contributed by atoms with E-state index in [0.29, 0.717) is 12.8 Å². The Balaban J connectivity index is 3.63. The van der Waals surface area contributed by atoms with Crippen molar-refractivity contribution >= 4 is 5.91 Å². The average Bonchev–Trinajstić information content (AvgIpc) is 3.10. The molecule has 0 heterocycles. The van der Waals surface area contributed by atoms with Gasteiger partial charge in [0, 0.05) is 6.42 Å². The van der Waals surface area contributed by atoms with E-state index in [1.807, 2.05) is 0 Å². The molecule has 0 saturated heterocycles. The summed E-state index contributed by atoms with van der Waals surface area (Å²) in [5.41, 5.74) is 0. The Morgan fingerprint density at radius 1 is 0.490 bits per heavy atom. The molecular weight excluding hydrogens is 606 g/mol. The fourth-order valence-electron chi connectivity index (χ4n) is 6.93. The van der Waals surface area contributed by atoms with Crippen LogP contribution in [0, 0.1) is 0 Å². The third kappa shape index (κ3) is 35.3. The van der Waals surface area contributed by atoms with Crippen molar-refractivity contribution in [3.05, 3.63) is 12.2 Å². The predicted octanol–water partition coefficient (Wildman–Crippen LogP) is 12.4. The lowest BCUT2D eigenvalue weighted by Gasteiger charge is -2.26. The van der Waals surface area contributed by atoms with Crippen LogP contribution in [0.5, 0.6) is 0 Å². The van der Waals surface area contributed by atoms with Crippen molar-refractivity contribution in [1.29, 1.82) is 0 Å². The zero-order valence-electron chi connectivity index (χ0n) is 33.1. The second kappa shape index (κ2) is 39.9. The number of allylic oxidation sites excluding steroid dienone is 2. The predicted molar refractivity (Wildman–Crippen MR) is 213 cm³/mol. The highest BCUT2D eigenvalue weighted by atomic mass is 16.3. The van der Waals surface area contributed by atoms with E-state index in [1.54, 1.807) is 0 Å². The lowest BCUT2D eigenvalue weighted by molar-refractivity contribution is -0.124. The van der Waals surface area contributed by atoms with E-state index in [4.69, 9.17) is 0 Å². The molecule has 49 heavy (non-hydrogen) atoms. The highest BCUT2D eigenvalue weighted by Gasteiger charge is 2.26. The molecule has 0 aromatic heterocycles. The van der Waals surface area contributed by atoms with Gasteiger partial charge in [0.15, 0.2) is 0 Å². The first-order valence-electron chi connectivity index (χ1n) is 22.0. The second-order valence-electron chi connectivity index (χ2n) is 15.3. The van der Waals surface area contributed by atoms with Gasteiger partial charge in [0.25, 0.3) is 0 Å².